The molecule has 0 aliphatic heterocycles. The first-order valence-corrected chi connectivity index (χ1v) is 8.92. The molecule has 3 rings (SSSR count). The van der Waals surface area contributed by atoms with Crippen molar-refractivity contribution in [2.45, 2.75) is 24.8 Å². The summed E-state index contributed by atoms with van der Waals surface area (Å²) in [7, 11) is 3.34. The Hall–Kier alpha value is -2.47. The fourth-order valence-corrected chi connectivity index (χ4v) is 3.50. The second kappa shape index (κ2) is 7.61. The van der Waals surface area contributed by atoms with Crippen LogP contribution >= 0.6 is 11.8 Å². The molecule has 0 spiro atoms. The van der Waals surface area contributed by atoms with Gasteiger partial charge in [0.05, 0.1) is 19.9 Å². The second-order valence-corrected chi connectivity index (χ2v) is 6.68. The summed E-state index contributed by atoms with van der Waals surface area (Å²) >= 11 is 1.62. The van der Waals surface area contributed by atoms with Crippen LogP contribution in [0.5, 0.6) is 11.5 Å². The molecule has 0 amide bonds. The highest BCUT2D eigenvalue weighted by Gasteiger charge is 2.12. The Bertz CT molecular complexity index is 877. The third kappa shape index (κ3) is 3.79. The van der Waals surface area contributed by atoms with Crippen LogP contribution in [0.15, 0.2) is 47.9 Å². The van der Waals surface area contributed by atoms with Gasteiger partial charge in [-0.15, -0.1) is 10.2 Å². The lowest BCUT2D eigenvalue weighted by molar-refractivity contribution is 0.400. The standard InChI is InChI=1S/C19H21N3O2S/c1-13-5-6-14(2)17(9-13)22-12-20-21-19(22)25-11-15-10-16(23-3)7-8-18(15)24-4/h5-10,12H,11H2,1-4H3. The van der Waals surface area contributed by atoms with E-state index < -0.39 is 0 Å². The van der Waals surface area contributed by atoms with E-state index in [1.54, 1.807) is 32.3 Å². The van der Waals surface area contributed by atoms with Gasteiger partial charge >= 0.3 is 0 Å². The number of rotatable bonds is 6. The van der Waals surface area contributed by atoms with Crippen LogP contribution in [0.2, 0.25) is 0 Å². The van der Waals surface area contributed by atoms with Crippen LogP contribution in [0.3, 0.4) is 0 Å². The van der Waals surface area contributed by atoms with Gasteiger partial charge < -0.3 is 9.47 Å². The maximum Gasteiger partial charge on any atom is 0.195 e. The van der Waals surface area contributed by atoms with Gasteiger partial charge in [0.1, 0.15) is 17.8 Å². The van der Waals surface area contributed by atoms with Crippen molar-refractivity contribution in [1.29, 1.82) is 0 Å². The predicted molar refractivity (Wildman–Crippen MR) is 99.9 cm³/mol. The molecule has 0 fully saturated rings. The number of methoxy groups -OCH3 is 2. The average molecular weight is 355 g/mol. The molecule has 0 aliphatic carbocycles. The smallest absolute Gasteiger partial charge is 0.195 e. The quantitative estimate of drug-likeness (QED) is 0.621. The third-order valence-corrected chi connectivity index (χ3v) is 4.98. The number of nitrogens with zero attached hydrogens (tertiary/aromatic N) is 3. The van der Waals surface area contributed by atoms with E-state index in [1.165, 1.54) is 11.1 Å². The van der Waals surface area contributed by atoms with E-state index in [-0.39, 0.29) is 0 Å². The first-order valence-electron chi connectivity index (χ1n) is 7.93. The Morgan fingerprint density at radius 1 is 1.04 bits per heavy atom. The molecule has 2 aromatic carbocycles. The molecule has 0 N–H and O–H groups in total. The Kier molecular flexibility index (Phi) is 5.28. The van der Waals surface area contributed by atoms with Crippen LogP contribution in [0.4, 0.5) is 0 Å². The first-order chi connectivity index (χ1) is 12.1. The van der Waals surface area contributed by atoms with Gasteiger partial charge in [0.25, 0.3) is 0 Å². The van der Waals surface area contributed by atoms with Crippen LogP contribution in [0.25, 0.3) is 5.69 Å². The minimum atomic E-state index is 0.712. The summed E-state index contributed by atoms with van der Waals surface area (Å²) in [5.41, 5.74) is 4.55. The van der Waals surface area contributed by atoms with Gasteiger partial charge in [-0.2, -0.15) is 0 Å². The van der Waals surface area contributed by atoms with E-state index in [9.17, 15) is 0 Å². The third-order valence-electron chi connectivity index (χ3n) is 3.98. The maximum atomic E-state index is 5.45. The van der Waals surface area contributed by atoms with Crippen molar-refractivity contribution < 1.29 is 9.47 Å². The van der Waals surface area contributed by atoms with Crippen molar-refractivity contribution >= 4 is 11.8 Å². The van der Waals surface area contributed by atoms with E-state index in [4.69, 9.17) is 9.47 Å². The number of aromatic nitrogens is 3. The van der Waals surface area contributed by atoms with Crippen molar-refractivity contribution in [3.63, 3.8) is 0 Å². The highest BCUT2D eigenvalue weighted by molar-refractivity contribution is 7.98. The minimum Gasteiger partial charge on any atom is -0.497 e. The highest BCUT2D eigenvalue weighted by Crippen LogP contribution is 2.31. The zero-order chi connectivity index (χ0) is 17.8. The van der Waals surface area contributed by atoms with Crippen molar-refractivity contribution in [2.24, 2.45) is 0 Å². The van der Waals surface area contributed by atoms with E-state index in [2.05, 4.69) is 42.2 Å². The number of hydrogen-bond acceptors (Lipinski definition) is 5. The zero-order valence-corrected chi connectivity index (χ0v) is 15.6. The lowest BCUT2D eigenvalue weighted by atomic mass is 10.1. The number of aryl methyl sites for hydroxylation is 2. The Morgan fingerprint density at radius 2 is 1.88 bits per heavy atom. The van der Waals surface area contributed by atoms with Gasteiger partial charge in [-0.3, -0.25) is 4.57 Å². The van der Waals surface area contributed by atoms with Gasteiger partial charge in [0.15, 0.2) is 5.16 Å². The van der Waals surface area contributed by atoms with Crippen LogP contribution in [-0.2, 0) is 5.75 Å². The van der Waals surface area contributed by atoms with E-state index in [1.807, 2.05) is 22.8 Å². The predicted octanol–water partition coefficient (Wildman–Crippen LogP) is 4.19. The Balaban J connectivity index is 1.86. The SMILES string of the molecule is COc1ccc(OC)c(CSc2nncn2-c2cc(C)ccc2C)c1. The van der Waals surface area contributed by atoms with Crippen molar-refractivity contribution in [3.8, 4) is 17.2 Å². The van der Waals surface area contributed by atoms with Gasteiger partial charge in [-0.1, -0.05) is 23.9 Å². The molecule has 130 valence electrons. The van der Waals surface area contributed by atoms with Crippen molar-refractivity contribution in [2.75, 3.05) is 14.2 Å². The molecule has 0 aliphatic rings. The molecular weight excluding hydrogens is 334 g/mol. The first kappa shape index (κ1) is 17.4. The fraction of sp³-hybridized carbons (Fsp3) is 0.263. The lowest BCUT2D eigenvalue weighted by Crippen LogP contribution is -1.99. The van der Waals surface area contributed by atoms with E-state index >= 15 is 0 Å². The normalized spacial score (nSPS) is 10.7. The molecule has 0 radical (unpaired) electrons. The van der Waals surface area contributed by atoms with Crippen LogP contribution in [0.1, 0.15) is 16.7 Å². The summed E-state index contributed by atoms with van der Waals surface area (Å²) in [4.78, 5) is 0. The molecule has 1 aromatic heterocycles. The summed E-state index contributed by atoms with van der Waals surface area (Å²) in [6.45, 7) is 4.18. The summed E-state index contributed by atoms with van der Waals surface area (Å²) in [5, 5.41) is 9.22. The largest absolute Gasteiger partial charge is 0.497 e. The molecule has 0 unspecified atom stereocenters. The maximum absolute atomic E-state index is 5.45. The number of thioether (sulfide) groups is 1. The summed E-state index contributed by atoms with van der Waals surface area (Å²) < 4.78 is 12.8. The van der Waals surface area contributed by atoms with Crippen LogP contribution < -0.4 is 9.47 Å². The van der Waals surface area contributed by atoms with Crippen LogP contribution in [0, 0.1) is 13.8 Å². The molecular formula is C19H21N3O2S. The highest BCUT2D eigenvalue weighted by atomic mass is 32.2. The van der Waals surface area contributed by atoms with Crippen molar-refractivity contribution in [3.05, 3.63) is 59.4 Å². The lowest BCUT2D eigenvalue weighted by Gasteiger charge is -2.12. The van der Waals surface area contributed by atoms with E-state index in [0.29, 0.717) is 5.75 Å². The monoisotopic (exact) mass is 355 g/mol. The summed E-state index contributed by atoms with van der Waals surface area (Å²) in [6, 6.07) is 12.2. The molecule has 0 atom stereocenters. The summed E-state index contributed by atoms with van der Waals surface area (Å²) in [5.74, 6) is 2.36. The molecule has 3 aromatic rings. The topological polar surface area (TPSA) is 49.2 Å². The minimum absolute atomic E-state index is 0.712. The molecule has 0 saturated heterocycles. The molecule has 0 saturated carbocycles. The molecule has 25 heavy (non-hydrogen) atoms. The molecule has 5 nitrogen and oxygen atoms in total. The number of benzene rings is 2. The Morgan fingerprint density at radius 3 is 2.64 bits per heavy atom. The van der Waals surface area contributed by atoms with Gasteiger partial charge in [-0.25, -0.2) is 0 Å². The number of hydrogen-bond donors (Lipinski definition) is 0. The Labute approximate surface area is 152 Å². The molecule has 0 bridgehead atoms. The van der Waals surface area contributed by atoms with E-state index in [0.717, 1.165) is 27.9 Å². The average Bonchev–Trinajstić information content (AvgIpc) is 3.10. The van der Waals surface area contributed by atoms with Gasteiger partial charge in [-0.05, 0) is 49.2 Å². The van der Waals surface area contributed by atoms with Gasteiger partial charge in [0, 0.05) is 11.3 Å². The zero-order valence-electron chi connectivity index (χ0n) is 14.8. The van der Waals surface area contributed by atoms with Crippen LogP contribution in [-0.4, -0.2) is 29.0 Å². The van der Waals surface area contributed by atoms with Crippen molar-refractivity contribution in [1.82, 2.24) is 14.8 Å². The molecule has 6 heteroatoms. The molecule has 1 heterocycles. The van der Waals surface area contributed by atoms with Gasteiger partial charge in [0.2, 0.25) is 0 Å². The second-order valence-electron chi connectivity index (χ2n) is 5.74. The number of ether oxygens (including phenoxy) is 2. The fourth-order valence-electron chi connectivity index (χ4n) is 2.60. The summed E-state index contributed by atoms with van der Waals surface area (Å²) in [6.07, 6.45) is 1.76.